The van der Waals surface area contributed by atoms with Crippen LogP contribution in [0.4, 0.5) is 0 Å². The van der Waals surface area contributed by atoms with E-state index in [4.69, 9.17) is 0 Å². The summed E-state index contributed by atoms with van der Waals surface area (Å²) in [6, 6.07) is 10.1. The highest BCUT2D eigenvalue weighted by Crippen LogP contribution is 2.47. The van der Waals surface area contributed by atoms with Gasteiger partial charge >= 0.3 is 0 Å². The molecule has 2 fully saturated rings. The zero-order chi connectivity index (χ0) is 13.7. The number of rotatable bonds is 3. The van der Waals surface area contributed by atoms with Gasteiger partial charge in [-0.2, -0.15) is 4.31 Å². The molecule has 1 saturated carbocycles. The third kappa shape index (κ3) is 2.43. The van der Waals surface area contributed by atoms with Crippen molar-refractivity contribution in [3.63, 3.8) is 0 Å². The summed E-state index contributed by atoms with van der Waals surface area (Å²) in [5.74, 6) is 0. The van der Waals surface area contributed by atoms with Crippen LogP contribution in [-0.4, -0.2) is 24.5 Å². The van der Waals surface area contributed by atoms with Crippen molar-refractivity contribution in [2.75, 3.05) is 6.54 Å². The van der Waals surface area contributed by atoms with Crippen LogP contribution < -0.4 is 0 Å². The normalized spacial score (nSPS) is 27.6. The molecule has 0 bridgehead atoms. The van der Waals surface area contributed by atoms with E-state index in [0.29, 0.717) is 6.54 Å². The molecule has 3 rings (SSSR count). The first kappa shape index (κ1) is 13.1. The van der Waals surface area contributed by atoms with Gasteiger partial charge in [-0.15, -0.1) is 0 Å². The highest BCUT2D eigenvalue weighted by molar-refractivity contribution is 7.90. The maximum absolute atomic E-state index is 12.6. The second-order valence-corrected chi connectivity index (χ2v) is 8.75. The average molecular weight is 279 g/mol. The van der Waals surface area contributed by atoms with Gasteiger partial charge in [-0.25, -0.2) is 8.42 Å². The fraction of sp³-hybridized carbons (Fsp3) is 0.600. The van der Waals surface area contributed by atoms with Crippen molar-refractivity contribution in [1.82, 2.24) is 4.31 Å². The molecule has 3 nitrogen and oxygen atoms in total. The summed E-state index contributed by atoms with van der Waals surface area (Å²) >= 11 is 0. The Hall–Kier alpha value is -0.870. The summed E-state index contributed by atoms with van der Waals surface area (Å²) in [7, 11) is -3.10. The maximum atomic E-state index is 12.6. The van der Waals surface area contributed by atoms with E-state index in [2.05, 4.69) is 13.8 Å². The molecule has 1 aliphatic carbocycles. The molecule has 0 N–H and O–H groups in total. The smallest absolute Gasteiger partial charge is 0.212 e. The molecule has 0 radical (unpaired) electrons. The van der Waals surface area contributed by atoms with Crippen LogP contribution in [0.25, 0.3) is 0 Å². The lowest BCUT2D eigenvalue weighted by Crippen LogP contribution is -2.34. The van der Waals surface area contributed by atoms with Crippen molar-refractivity contribution in [2.24, 2.45) is 5.41 Å². The van der Waals surface area contributed by atoms with Crippen LogP contribution in [-0.2, 0) is 10.0 Å². The monoisotopic (exact) mass is 279 g/mol. The Morgan fingerprint density at radius 2 is 1.79 bits per heavy atom. The molecule has 1 aromatic carbocycles. The van der Waals surface area contributed by atoms with E-state index >= 15 is 0 Å². The first-order chi connectivity index (χ1) is 8.90. The van der Waals surface area contributed by atoms with Crippen molar-refractivity contribution in [2.45, 2.75) is 44.4 Å². The number of hydrogen-bond donors (Lipinski definition) is 0. The summed E-state index contributed by atoms with van der Waals surface area (Å²) in [5.41, 5.74) is 1.18. The van der Waals surface area contributed by atoms with Gasteiger partial charge in [0.1, 0.15) is 0 Å². The summed E-state index contributed by atoms with van der Waals surface area (Å²) < 4.78 is 26.9. The molecule has 0 aromatic heterocycles. The Labute approximate surface area is 115 Å². The van der Waals surface area contributed by atoms with Gasteiger partial charge in [-0.05, 0) is 30.2 Å². The van der Waals surface area contributed by atoms with Gasteiger partial charge in [0.15, 0.2) is 0 Å². The van der Waals surface area contributed by atoms with Gasteiger partial charge < -0.3 is 0 Å². The largest absolute Gasteiger partial charge is 0.217 e. The molecule has 1 atom stereocenters. The number of sulfonamides is 1. The molecule has 0 spiro atoms. The molecule has 1 aliphatic heterocycles. The molecule has 1 saturated heterocycles. The second kappa shape index (κ2) is 4.32. The zero-order valence-corrected chi connectivity index (χ0v) is 12.4. The minimum Gasteiger partial charge on any atom is -0.212 e. The lowest BCUT2D eigenvalue weighted by Gasteiger charge is -2.24. The molecular weight excluding hydrogens is 258 g/mol. The van der Waals surface area contributed by atoms with E-state index in [0.717, 1.165) is 24.8 Å². The minimum absolute atomic E-state index is 0.0156. The molecule has 1 heterocycles. The number of nitrogens with zero attached hydrogens (tertiary/aromatic N) is 1. The molecule has 0 amide bonds. The van der Waals surface area contributed by atoms with Crippen LogP contribution in [0.1, 0.15) is 44.7 Å². The van der Waals surface area contributed by atoms with Crippen LogP contribution in [0.2, 0.25) is 0 Å². The van der Waals surface area contributed by atoms with Crippen molar-refractivity contribution < 1.29 is 8.42 Å². The Bertz CT molecular complexity index is 561. The highest BCUT2D eigenvalue weighted by Gasteiger charge is 2.49. The first-order valence-electron chi connectivity index (χ1n) is 6.96. The van der Waals surface area contributed by atoms with Gasteiger partial charge in [0.25, 0.3) is 0 Å². The summed E-state index contributed by atoms with van der Waals surface area (Å²) in [6.07, 6.45) is 2.57. The fourth-order valence-electron chi connectivity index (χ4n) is 3.01. The third-order valence-corrected chi connectivity index (χ3v) is 6.49. The van der Waals surface area contributed by atoms with E-state index in [9.17, 15) is 8.42 Å². The topological polar surface area (TPSA) is 37.4 Å². The van der Waals surface area contributed by atoms with Gasteiger partial charge in [-0.1, -0.05) is 44.2 Å². The summed E-state index contributed by atoms with van der Waals surface area (Å²) in [4.78, 5) is 0. The van der Waals surface area contributed by atoms with Gasteiger partial charge in [0, 0.05) is 6.54 Å². The summed E-state index contributed by atoms with van der Waals surface area (Å²) in [6.45, 7) is 4.96. The van der Waals surface area contributed by atoms with E-state index in [1.54, 1.807) is 4.31 Å². The zero-order valence-electron chi connectivity index (χ0n) is 11.5. The van der Waals surface area contributed by atoms with Crippen molar-refractivity contribution in [3.05, 3.63) is 35.9 Å². The van der Waals surface area contributed by atoms with E-state index < -0.39 is 10.0 Å². The first-order valence-corrected chi connectivity index (χ1v) is 8.46. The quantitative estimate of drug-likeness (QED) is 0.853. The fourth-order valence-corrected chi connectivity index (χ4v) is 5.20. The van der Waals surface area contributed by atoms with Crippen molar-refractivity contribution in [3.8, 4) is 0 Å². The lowest BCUT2D eigenvalue weighted by molar-refractivity contribution is 0.368. The molecule has 104 valence electrons. The Morgan fingerprint density at radius 1 is 1.16 bits per heavy atom. The number of hydrogen-bond acceptors (Lipinski definition) is 2. The Kier molecular flexibility index (Phi) is 2.98. The Balaban J connectivity index is 1.97. The van der Waals surface area contributed by atoms with Gasteiger partial charge in [0.05, 0.1) is 11.3 Å². The SMILES string of the molecule is CC1(C)C[C@@H](c2ccccc2)N(S(=O)(=O)C2CC2)C1. The van der Waals surface area contributed by atoms with Gasteiger partial charge in [-0.3, -0.25) is 0 Å². The van der Waals surface area contributed by atoms with Crippen LogP contribution in [0.5, 0.6) is 0 Å². The molecule has 2 aliphatic rings. The van der Waals surface area contributed by atoms with Crippen LogP contribution in [0.3, 0.4) is 0 Å². The highest BCUT2D eigenvalue weighted by atomic mass is 32.2. The van der Waals surface area contributed by atoms with Crippen LogP contribution >= 0.6 is 0 Å². The van der Waals surface area contributed by atoms with Crippen LogP contribution in [0.15, 0.2) is 30.3 Å². The minimum atomic E-state index is -3.10. The Morgan fingerprint density at radius 3 is 2.37 bits per heavy atom. The van der Waals surface area contributed by atoms with Crippen molar-refractivity contribution >= 4 is 10.0 Å². The van der Waals surface area contributed by atoms with Crippen LogP contribution in [0, 0.1) is 5.41 Å². The second-order valence-electron chi connectivity index (χ2n) is 6.58. The molecule has 4 heteroatoms. The van der Waals surface area contributed by atoms with E-state index in [1.807, 2.05) is 30.3 Å². The van der Waals surface area contributed by atoms with Crippen molar-refractivity contribution in [1.29, 1.82) is 0 Å². The third-order valence-electron chi connectivity index (χ3n) is 4.13. The lowest BCUT2D eigenvalue weighted by atomic mass is 9.89. The molecule has 1 aromatic rings. The summed E-state index contributed by atoms with van der Waals surface area (Å²) in [5, 5.41) is -0.118. The number of benzene rings is 1. The molecule has 19 heavy (non-hydrogen) atoms. The predicted molar refractivity (Wildman–Crippen MR) is 76.2 cm³/mol. The van der Waals surface area contributed by atoms with E-state index in [-0.39, 0.29) is 16.7 Å². The molecular formula is C15H21NO2S. The average Bonchev–Trinajstić information content (AvgIpc) is 3.15. The predicted octanol–water partition coefficient (Wildman–Crippen LogP) is 2.95. The van der Waals surface area contributed by atoms with Gasteiger partial charge in [0.2, 0.25) is 10.0 Å². The maximum Gasteiger partial charge on any atom is 0.217 e. The molecule has 0 unspecified atom stereocenters. The standard InChI is InChI=1S/C15H21NO2S/c1-15(2)10-14(12-6-4-3-5-7-12)16(11-15)19(17,18)13-8-9-13/h3-7,13-14H,8-11H2,1-2H3/t14-/m0/s1. The van der Waals surface area contributed by atoms with E-state index in [1.165, 1.54) is 0 Å².